The van der Waals surface area contributed by atoms with E-state index < -0.39 is 18.4 Å². The zero-order valence-electron chi connectivity index (χ0n) is 9.45. The Kier molecular flexibility index (Phi) is 3.44. The van der Waals surface area contributed by atoms with Crippen molar-refractivity contribution in [1.82, 2.24) is 0 Å². The average molecular weight is 370 g/mol. The first-order chi connectivity index (χ1) is 7.09. The molecule has 0 unspecified atom stereocenters. The number of benzene rings is 1. The van der Waals surface area contributed by atoms with Gasteiger partial charge in [-0.3, -0.25) is 0 Å². The van der Waals surface area contributed by atoms with Crippen molar-refractivity contribution in [2.45, 2.75) is 14.8 Å². The van der Waals surface area contributed by atoms with Crippen LogP contribution in [0.5, 0.6) is 0 Å². The summed E-state index contributed by atoms with van der Waals surface area (Å²) in [4.78, 5) is 9.77. The van der Waals surface area contributed by atoms with Crippen molar-refractivity contribution in [2.75, 3.05) is 0 Å². The fourth-order valence-corrected chi connectivity index (χ4v) is 8.60. The quantitative estimate of drug-likeness (QED) is 0.714. The van der Waals surface area contributed by atoms with E-state index >= 15 is 0 Å². The van der Waals surface area contributed by atoms with Gasteiger partial charge in [0.2, 0.25) is 0 Å². The summed E-state index contributed by atoms with van der Waals surface area (Å²) in [6.45, 7) is 0. The molecule has 2 heteroatoms. The Labute approximate surface area is 102 Å². The van der Waals surface area contributed by atoms with Crippen LogP contribution in [0.25, 0.3) is 10.0 Å². The fraction of sp³-hybridized carbons (Fsp3) is 0.231. The van der Waals surface area contributed by atoms with E-state index in [1.807, 2.05) is 0 Å². The van der Waals surface area contributed by atoms with E-state index in [1.165, 1.54) is 5.56 Å². The van der Waals surface area contributed by atoms with Gasteiger partial charge in [0.15, 0.2) is 0 Å². The summed E-state index contributed by atoms with van der Waals surface area (Å²) in [5, 5.41) is 0. The predicted molar refractivity (Wildman–Crippen MR) is 71.8 cm³/mol. The molecule has 1 aromatic carbocycles. The fourth-order valence-electron chi connectivity index (χ4n) is 1.78. The Bertz CT molecular complexity index is 438. The third-order valence-corrected chi connectivity index (χ3v) is 10.3. The molecule has 0 aliphatic rings. The van der Waals surface area contributed by atoms with Gasteiger partial charge in [0, 0.05) is 0 Å². The molecule has 0 fully saturated rings. The Morgan fingerprint density at radius 3 is 2.27 bits per heavy atom. The molecule has 0 N–H and O–H groups in total. The van der Waals surface area contributed by atoms with Gasteiger partial charge in [0.25, 0.3) is 0 Å². The van der Waals surface area contributed by atoms with Crippen molar-refractivity contribution < 1.29 is 0 Å². The summed E-state index contributed by atoms with van der Waals surface area (Å²) in [5.74, 6) is 0. The summed E-state index contributed by atoms with van der Waals surface area (Å²) in [5.41, 5.74) is 1.53. The Balaban J connectivity index is 2.58. The monoisotopic (exact) mass is 372 g/mol. The van der Waals surface area contributed by atoms with Gasteiger partial charge in [-0.15, -0.1) is 0 Å². The van der Waals surface area contributed by atoms with Gasteiger partial charge in [0.1, 0.15) is 0 Å². The Morgan fingerprint density at radius 2 is 1.67 bits per heavy atom. The van der Waals surface area contributed by atoms with Crippen molar-refractivity contribution in [3.63, 3.8) is 0 Å². The van der Waals surface area contributed by atoms with Gasteiger partial charge >= 0.3 is 103 Å². The van der Waals surface area contributed by atoms with Crippen LogP contribution in [0.15, 0.2) is 41.3 Å². The van der Waals surface area contributed by atoms with Crippen molar-refractivity contribution in [2.24, 2.45) is 0 Å². The van der Waals surface area contributed by atoms with E-state index in [0.29, 0.717) is 14.5 Å². The molecule has 0 saturated heterocycles. The van der Waals surface area contributed by atoms with Crippen molar-refractivity contribution in [3.8, 4) is 10.0 Å². The minimum absolute atomic E-state index is 0.563. The van der Waals surface area contributed by atoms with Crippen LogP contribution in [0.1, 0.15) is 0 Å². The van der Waals surface area contributed by atoms with Crippen LogP contribution in [0.3, 0.4) is 0 Å². The zero-order valence-corrected chi connectivity index (χ0v) is 14.0. The topological polar surface area (TPSA) is 0 Å². The molecule has 1 heterocycles. The molecule has 0 nitrogen and oxygen atoms in total. The molecule has 0 aliphatic heterocycles. The Hall–Kier alpha value is 0.0182. The summed E-state index contributed by atoms with van der Waals surface area (Å²) < 4.78 is 3.23. The van der Waals surface area contributed by atoms with Gasteiger partial charge in [0.05, 0.1) is 0 Å². The van der Waals surface area contributed by atoms with Gasteiger partial charge in [-0.05, 0) is 0 Å². The number of hydrogen-bond acceptors (Lipinski definition) is 0. The average Bonchev–Trinajstić information content (AvgIpc) is 2.69. The molecule has 0 bridgehead atoms. The third-order valence-electron chi connectivity index (χ3n) is 2.52. The third kappa shape index (κ3) is 2.58. The first-order valence-corrected chi connectivity index (χ1v) is 17.1. The van der Waals surface area contributed by atoms with E-state index in [0.717, 1.165) is 0 Å². The van der Waals surface area contributed by atoms with E-state index in [2.05, 4.69) is 56.2 Å². The second-order valence-electron chi connectivity index (χ2n) is 4.77. The molecule has 0 saturated carbocycles. The van der Waals surface area contributed by atoms with Gasteiger partial charge in [-0.1, -0.05) is 0 Å². The molecule has 0 aliphatic carbocycles. The standard InChI is InChI=1S/C10H7Se.3CH3.Sn/c1-2-5-9(6-3-1)10-7-4-8-11-10;;;;/h1-5,7-8H;3*1H3;. The summed E-state index contributed by atoms with van der Waals surface area (Å²) in [6.07, 6.45) is 0. The molecule has 0 amide bonds. The molecule has 0 spiro atoms. The maximum absolute atomic E-state index is 2.49. The molecule has 2 rings (SSSR count). The second-order valence-corrected chi connectivity index (χ2v) is 21.1. The summed E-state index contributed by atoms with van der Waals surface area (Å²) in [6, 6.07) is 13.5. The molecular weight excluding hydrogens is 354 g/mol. The van der Waals surface area contributed by atoms with E-state index in [4.69, 9.17) is 0 Å². The van der Waals surface area contributed by atoms with E-state index in [9.17, 15) is 0 Å². The van der Waals surface area contributed by atoms with Crippen LogP contribution < -0.4 is 3.58 Å². The zero-order chi connectivity index (χ0) is 10.9. The van der Waals surface area contributed by atoms with Crippen molar-refractivity contribution >= 4 is 36.5 Å². The predicted octanol–water partition coefficient (Wildman–Crippen LogP) is 2.96. The van der Waals surface area contributed by atoms with Gasteiger partial charge in [-0.25, -0.2) is 0 Å². The normalized spacial score (nSPS) is 11.7. The van der Waals surface area contributed by atoms with Crippen LogP contribution in [0.4, 0.5) is 0 Å². The summed E-state index contributed by atoms with van der Waals surface area (Å²) >= 11 is -1.38. The van der Waals surface area contributed by atoms with Gasteiger partial charge in [-0.2, -0.15) is 0 Å². The summed E-state index contributed by atoms with van der Waals surface area (Å²) in [7, 11) is 0. The first-order valence-electron chi connectivity index (χ1n) is 5.22. The molecule has 1 aromatic heterocycles. The second kappa shape index (κ2) is 4.48. The number of hydrogen-bond donors (Lipinski definition) is 0. The molecular formula is C13H16SeSn. The maximum atomic E-state index is 2.49. The molecule has 0 atom stereocenters. The van der Waals surface area contributed by atoms with Crippen molar-refractivity contribution in [3.05, 3.63) is 41.3 Å². The van der Waals surface area contributed by atoms with Crippen LogP contribution >= 0.6 is 0 Å². The van der Waals surface area contributed by atoms with Crippen LogP contribution in [-0.2, 0) is 0 Å². The molecule has 2 aromatic rings. The van der Waals surface area contributed by atoms with E-state index in [-0.39, 0.29) is 0 Å². The SMILES string of the molecule is [CH3][Sn]([CH3])([CH3])[c]1ccccc1-c1ccc[se]1. The van der Waals surface area contributed by atoms with Crippen molar-refractivity contribution in [1.29, 1.82) is 0 Å². The number of rotatable bonds is 2. The van der Waals surface area contributed by atoms with Crippen LogP contribution in [-0.4, -0.2) is 32.9 Å². The van der Waals surface area contributed by atoms with Gasteiger partial charge < -0.3 is 0 Å². The van der Waals surface area contributed by atoms with Crippen LogP contribution in [0, 0.1) is 0 Å². The van der Waals surface area contributed by atoms with E-state index in [1.54, 1.807) is 8.02 Å². The molecule has 0 radical (unpaired) electrons. The van der Waals surface area contributed by atoms with Crippen LogP contribution in [0.2, 0.25) is 14.8 Å². The first kappa shape index (κ1) is 11.5. The Morgan fingerprint density at radius 1 is 0.933 bits per heavy atom. The minimum atomic E-state index is -1.94. The molecule has 78 valence electrons. The molecule has 15 heavy (non-hydrogen) atoms.